The van der Waals surface area contributed by atoms with Crippen LogP contribution in [0.4, 0.5) is 0 Å². The van der Waals surface area contributed by atoms with E-state index in [-0.39, 0.29) is 0 Å². The molecule has 5 nitrogen and oxygen atoms in total. The monoisotopic (exact) mass is 770 g/mol. The second kappa shape index (κ2) is 39.3. The van der Waals surface area contributed by atoms with Gasteiger partial charge in [-0.15, -0.1) is 0 Å². The zero-order valence-electron chi connectivity index (χ0n) is 35.4. The van der Waals surface area contributed by atoms with Crippen LogP contribution in [0.3, 0.4) is 0 Å². The van der Waals surface area contributed by atoms with E-state index in [9.17, 15) is 4.79 Å². The number of hydrogen-bond donors (Lipinski definition) is 1. The summed E-state index contributed by atoms with van der Waals surface area (Å²) in [5.41, 5.74) is 3.35. The molecule has 0 aliphatic carbocycles. The van der Waals surface area contributed by atoms with Gasteiger partial charge in [0.1, 0.15) is 0 Å². The largest absolute Gasteiger partial charge is 0.517 e. The molecule has 0 amide bonds. The van der Waals surface area contributed by atoms with Gasteiger partial charge in [0.2, 0.25) is 0 Å². The molecular formula is C45H91NO4SSi. The van der Waals surface area contributed by atoms with E-state index >= 15 is 0 Å². The molecule has 310 valence electrons. The molecule has 0 aromatic heterocycles. The Kier molecular flexibility index (Phi) is 37.9. The number of thioether (sulfide) groups is 1. The van der Waals surface area contributed by atoms with Crippen molar-refractivity contribution < 1.29 is 18.2 Å². The van der Waals surface area contributed by atoms with Gasteiger partial charge in [-0.05, 0) is 38.0 Å². The highest BCUT2D eigenvalue weighted by molar-refractivity contribution is 8.13. The van der Waals surface area contributed by atoms with E-state index < -0.39 is 8.80 Å². The average molecular weight is 770 g/mol. The van der Waals surface area contributed by atoms with E-state index in [1.54, 1.807) is 0 Å². The summed E-state index contributed by atoms with van der Waals surface area (Å²) in [7, 11) is -2.81. The van der Waals surface area contributed by atoms with Crippen molar-refractivity contribution in [1.82, 2.24) is 5.48 Å². The van der Waals surface area contributed by atoms with Crippen LogP contribution in [0.1, 0.15) is 245 Å². The molecule has 1 aliphatic rings. The van der Waals surface area contributed by atoms with Gasteiger partial charge in [-0.3, -0.25) is 9.32 Å². The maximum absolute atomic E-state index is 12.5. The molecular weight excluding hydrogens is 679 g/mol. The van der Waals surface area contributed by atoms with Crippen molar-refractivity contribution in [2.24, 2.45) is 5.92 Å². The molecule has 7 heteroatoms. The number of hydrogen-bond acceptors (Lipinski definition) is 6. The second-order valence-corrected chi connectivity index (χ2v) is 20.0. The van der Waals surface area contributed by atoms with E-state index in [1.807, 2.05) is 0 Å². The van der Waals surface area contributed by atoms with E-state index in [0.717, 1.165) is 57.2 Å². The maximum Gasteiger partial charge on any atom is 0.517 e. The standard InChI is InChI=1S/C45H91NO4SSi/c1-4-7-10-13-15-17-19-20-21-22-23-24-25-27-30-32-36-44-38-40-49-52(50-46-43-44,42-35-41-51-45(47)37-33-29-12-9-6-3)48-39-34-31-28-26-18-16-14-11-8-5-2/h44,46H,4-43H2,1-3H3. The Morgan fingerprint density at radius 2 is 1.04 bits per heavy atom. The Bertz CT molecular complexity index is 734. The molecule has 0 aromatic carbocycles. The van der Waals surface area contributed by atoms with Crippen LogP contribution in [0, 0.1) is 5.92 Å². The third-order valence-electron chi connectivity index (χ3n) is 11.1. The normalized spacial score (nSPS) is 18.1. The average Bonchev–Trinajstić information content (AvgIpc) is 3.14. The van der Waals surface area contributed by atoms with Crippen LogP contribution in [0.15, 0.2) is 0 Å². The Labute approximate surface area is 331 Å². The van der Waals surface area contributed by atoms with E-state index in [2.05, 4.69) is 26.3 Å². The van der Waals surface area contributed by atoms with Gasteiger partial charge in [0.15, 0.2) is 5.12 Å². The minimum Gasteiger partial charge on any atom is -0.373 e. The lowest BCUT2D eigenvalue weighted by atomic mass is 9.97. The summed E-state index contributed by atoms with van der Waals surface area (Å²) in [5, 5.41) is 0.341. The Morgan fingerprint density at radius 1 is 0.596 bits per heavy atom. The van der Waals surface area contributed by atoms with Crippen LogP contribution in [0.5, 0.6) is 0 Å². The second-order valence-electron chi connectivity index (χ2n) is 16.2. The van der Waals surface area contributed by atoms with Crippen molar-refractivity contribution in [1.29, 1.82) is 0 Å². The first kappa shape index (κ1) is 50.1. The smallest absolute Gasteiger partial charge is 0.373 e. The van der Waals surface area contributed by atoms with Crippen LogP contribution in [0.25, 0.3) is 0 Å². The quantitative estimate of drug-likeness (QED) is 0.0496. The first-order valence-corrected chi connectivity index (χ1v) is 26.4. The molecule has 1 rings (SSSR count). The highest BCUT2D eigenvalue weighted by Crippen LogP contribution is 2.25. The highest BCUT2D eigenvalue weighted by Gasteiger charge is 2.42. The molecule has 1 N–H and O–H groups in total. The number of hydroxylamine groups is 1. The molecule has 52 heavy (non-hydrogen) atoms. The third kappa shape index (κ3) is 32.3. The molecule has 0 spiro atoms. The van der Waals surface area contributed by atoms with Crippen molar-refractivity contribution in [2.45, 2.75) is 252 Å². The van der Waals surface area contributed by atoms with Gasteiger partial charge < -0.3 is 8.85 Å². The minimum absolute atomic E-state index is 0.341. The van der Waals surface area contributed by atoms with Gasteiger partial charge in [0.05, 0.1) is 0 Å². The van der Waals surface area contributed by atoms with Gasteiger partial charge in [0, 0.05) is 38.0 Å². The first-order valence-electron chi connectivity index (χ1n) is 23.5. The molecule has 0 radical (unpaired) electrons. The van der Waals surface area contributed by atoms with Crippen LogP contribution in [-0.2, 0) is 18.2 Å². The van der Waals surface area contributed by atoms with Gasteiger partial charge in [-0.2, -0.15) is 0 Å². The maximum atomic E-state index is 12.5. The summed E-state index contributed by atoms with van der Waals surface area (Å²) in [5.74, 6) is 1.43. The molecule has 0 bridgehead atoms. The van der Waals surface area contributed by atoms with Crippen LogP contribution in [0.2, 0.25) is 6.04 Å². The minimum atomic E-state index is -2.81. The fraction of sp³-hybridized carbons (Fsp3) is 0.978. The van der Waals surface area contributed by atoms with Crippen molar-refractivity contribution in [3.05, 3.63) is 0 Å². The highest BCUT2D eigenvalue weighted by atomic mass is 32.2. The van der Waals surface area contributed by atoms with Crippen LogP contribution in [-0.4, -0.2) is 39.4 Å². The van der Waals surface area contributed by atoms with Crippen molar-refractivity contribution >= 4 is 25.7 Å². The van der Waals surface area contributed by atoms with E-state index in [4.69, 9.17) is 13.4 Å². The van der Waals surface area contributed by atoms with Crippen molar-refractivity contribution in [2.75, 3.05) is 25.5 Å². The first-order chi connectivity index (χ1) is 25.7. The van der Waals surface area contributed by atoms with Gasteiger partial charge in [-0.1, -0.05) is 219 Å². The summed E-state index contributed by atoms with van der Waals surface area (Å²) >= 11 is 1.50. The van der Waals surface area contributed by atoms with Gasteiger partial charge in [0.25, 0.3) is 0 Å². The topological polar surface area (TPSA) is 56.8 Å². The summed E-state index contributed by atoms with van der Waals surface area (Å²) in [6.45, 7) is 9.17. The molecule has 2 atom stereocenters. The van der Waals surface area contributed by atoms with E-state index in [0.29, 0.717) is 17.5 Å². The molecule has 2 unspecified atom stereocenters. The molecule has 1 fully saturated rings. The third-order valence-corrected chi connectivity index (χ3v) is 14.8. The summed E-state index contributed by atoms with van der Waals surface area (Å²) in [6, 6.07) is 0.790. The Hall–Kier alpha value is 0.0769. The summed E-state index contributed by atoms with van der Waals surface area (Å²) < 4.78 is 19.5. The molecule has 0 aromatic rings. The Balaban J connectivity index is 2.26. The van der Waals surface area contributed by atoms with Crippen LogP contribution < -0.4 is 5.48 Å². The summed E-state index contributed by atoms with van der Waals surface area (Å²) in [6.07, 6.45) is 45.8. The SMILES string of the molecule is CCCCCCCCCCCCCCCCCCC1CCO[Si](CCCSC(=O)CCCCCCC)(OCCCCCCCCCCCC)ONC1. The predicted octanol–water partition coefficient (Wildman–Crippen LogP) is 15.1. The van der Waals surface area contributed by atoms with Gasteiger partial charge >= 0.3 is 8.80 Å². The number of unbranched alkanes of at least 4 members (excludes halogenated alkanes) is 28. The van der Waals surface area contributed by atoms with Crippen LogP contribution >= 0.6 is 11.8 Å². The molecule has 0 saturated carbocycles. The fourth-order valence-electron chi connectivity index (χ4n) is 7.51. The lowest BCUT2D eigenvalue weighted by molar-refractivity contribution is -0.111. The zero-order chi connectivity index (χ0) is 37.5. The van der Waals surface area contributed by atoms with E-state index in [1.165, 1.54) is 204 Å². The number of carbonyl (C=O) groups excluding carboxylic acids is 1. The number of rotatable bonds is 39. The predicted molar refractivity (Wildman–Crippen MR) is 231 cm³/mol. The number of carbonyl (C=O) groups is 1. The molecule has 1 aliphatic heterocycles. The fourth-order valence-corrected chi connectivity index (χ4v) is 11.0. The summed E-state index contributed by atoms with van der Waals surface area (Å²) in [4.78, 5) is 12.5. The lowest BCUT2D eigenvalue weighted by Crippen LogP contribution is -2.52. The zero-order valence-corrected chi connectivity index (χ0v) is 37.2. The Morgan fingerprint density at radius 3 is 1.54 bits per heavy atom. The number of nitrogens with one attached hydrogen (secondary N) is 1. The van der Waals surface area contributed by atoms with Gasteiger partial charge in [-0.25, -0.2) is 5.48 Å². The lowest BCUT2D eigenvalue weighted by Gasteiger charge is -2.33. The van der Waals surface area contributed by atoms with Crippen molar-refractivity contribution in [3.8, 4) is 0 Å². The molecule has 1 heterocycles. The van der Waals surface area contributed by atoms with Crippen molar-refractivity contribution in [3.63, 3.8) is 0 Å². The molecule has 1 saturated heterocycles.